The lowest BCUT2D eigenvalue weighted by Gasteiger charge is -1.98. The topological polar surface area (TPSA) is 37.8 Å². The van der Waals surface area contributed by atoms with Crippen LogP contribution in [0.5, 0.6) is 0 Å². The van der Waals surface area contributed by atoms with Gasteiger partial charge in [0.1, 0.15) is 10.8 Å². The molecule has 0 radical (unpaired) electrons. The molecule has 1 heterocycles. The van der Waals surface area contributed by atoms with Crippen molar-refractivity contribution >= 4 is 27.3 Å². The first-order chi connectivity index (χ1) is 8.20. The van der Waals surface area contributed by atoms with E-state index in [0.717, 1.165) is 22.4 Å². The predicted molar refractivity (Wildman–Crippen MR) is 70.6 cm³/mol. The molecule has 0 atom stereocenters. The van der Waals surface area contributed by atoms with Crippen LogP contribution in [0.3, 0.4) is 0 Å². The monoisotopic (exact) mass is 315 g/mol. The van der Waals surface area contributed by atoms with E-state index in [9.17, 15) is 4.39 Å². The molecule has 1 aromatic heterocycles. The van der Waals surface area contributed by atoms with Gasteiger partial charge in [-0.3, -0.25) is 0 Å². The van der Waals surface area contributed by atoms with Crippen molar-refractivity contribution in [3.63, 3.8) is 0 Å². The molecule has 90 valence electrons. The second-order valence-corrected chi connectivity index (χ2v) is 5.46. The maximum absolute atomic E-state index is 13.7. The average Bonchev–Trinajstić information content (AvgIpc) is 2.75. The van der Waals surface area contributed by atoms with Crippen LogP contribution in [-0.4, -0.2) is 23.8 Å². The van der Waals surface area contributed by atoms with Crippen LogP contribution in [0.4, 0.5) is 4.39 Å². The first-order valence-electron chi connectivity index (χ1n) is 5.13. The van der Waals surface area contributed by atoms with E-state index in [1.165, 1.54) is 17.4 Å². The predicted octanol–water partition coefficient (Wildman–Crippen LogP) is 2.87. The number of rotatable bonds is 4. The molecule has 0 spiro atoms. The Balaban J connectivity index is 2.24. The van der Waals surface area contributed by atoms with Crippen molar-refractivity contribution in [3.05, 3.63) is 33.5 Å². The van der Waals surface area contributed by atoms with E-state index in [1.54, 1.807) is 12.1 Å². The SMILES string of the molecule is CNCCc1nnc(-c2ccc(Br)cc2F)s1. The number of likely N-dealkylation sites (N-methyl/N-ethyl adjacent to an activating group) is 1. The van der Waals surface area contributed by atoms with E-state index < -0.39 is 0 Å². The minimum Gasteiger partial charge on any atom is -0.319 e. The Labute approximate surface area is 111 Å². The zero-order valence-corrected chi connectivity index (χ0v) is 11.6. The van der Waals surface area contributed by atoms with Gasteiger partial charge in [0.05, 0.1) is 0 Å². The highest BCUT2D eigenvalue weighted by atomic mass is 79.9. The summed E-state index contributed by atoms with van der Waals surface area (Å²) < 4.78 is 14.4. The summed E-state index contributed by atoms with van der Waals surface area (Å²) in [4.78, 5) is 0. The van der Waals surface area contributed by atoms with Crippen molar-refractivity contribution < 1.29 is 4.39 Å². The Kier molecular flexibility index (Phi) is 4.20. The minimum atomic E-state index is -0.282. The van der Waals surface area contributed by atoms with Crippen LogP contribution < -0.4 is 5.32 Å². The van der Waals surface area contributed by atoms with Crippen LogP contribution in [-0.2, 0) is 6.42 Å². The molecule has 0 unspecified atom stereocenters. The number of halogens is 2. The number of hydrogen-bond donors (Lipinski definition) is 1. The first-order valence-corrected chi connectivity index (χ1v) is 6.74. The summed E-state index contributed by atoms with van der Waals surface area (Å²) in [5.41, 5.74) is 0.501. The van der Waals surface area contributed by atoms with Crippen LogP contribution >= 0.6 is 27.3 Å². The molecule has 6 heteroatoms. The van der Waals surface area contributed by atoms with Crippen LogP contribution in [0.25, 0.3) is 10.6 Å². The number of aromatic nitrogens is 2. The highest BCUT2D eigenvalue weighted by Crippen LogP contribution is 2.28. The highest BCUT2D eigenvalue weighted by molar-refractivity contribution is 9.10. The molecular formula is C11H11BrFN3S. The normalized spacial score (nSPS) is 10.8. The molecule has 2 aromatic rings. The third kappa shape index (κ3) is 3.08. The van der Waals surface area contributed by atoms with Crippen LogP contribution in [0.2, 0.25) is 0 Å². The molecule has 0 fully saturated rings. The van der Waals surface area contributed by atoms with E-state index in [1.807, 2.05) is 7.05 Å². The third-order valence-corrected chi connectivity index (χ3v) is 3.73. The first kappa shape index (κ1) is 12.6. The van der Waals surface area contributed by atoms with E-state index in [0.29, 0.717) is 10.6 Å². The molecule has 2 rings (SSSR count). The van der Waals surface area contributed by atoms with Gasteiger partial charge < -0.3 is 5.32 Å². The highest BCUT2D eigenvalue weighted by Gasteiger charge is 2.11. The molecule has 0 aliphatic carbocycles. The van der Waals surface area contributed by atoms with Crippen molar-refractivity contribution in [2.24, 2.45) is 0 Å². The number of hydrogen-bond acceptors (Lipinski definition) is 4. The molecule has 0 saturated heterocycles. The van der Waals surface area contributed by atoms with Crippen molar-refractivity contribution in [1.82, 2.24) is 15.5 Å². The zero-order valence-electron chi connectivity index (χ0n) is 9.20. The molecule has 17 heavy (non-hydrogen) atoms. The Bertz CT molecular complexity index is 515. The summed E-state index contributed by atoms with van der Waals surface area (Å²) in [5, 5.41) is 12.6. The van der Waals surface area contributed by atoms with E-state index in [4.69, 9.17) is 0 Å². The molecule has 0 aliphatic heterocycles. The van der Waals surface area contributed by atoms with E-state index in [-0.39, 0.29) is 5.82 Å². The molecular weight excluding hydrogens is 305 g/mol. The summed E-state index contributed by atoms with van der Waals surface area (Å²) in [7, 11) is 1.89. The lowest BCUT2D eigenvalue weighted by atomic mass is 10.2. The number of nitrogens with zero attached hydrogens (tertiary/aromatic N) is 2. The fourth-order valence-electron chi connectivity index (χ4n) is 1.36. The van der Waals surface area contributed by atoms with Gasteiger partial charge in [-0.05, 0) is 25.2 Å². The molecule has 0 saturated carbocycles. The summed E-state index contributed by atoms with van der Waals surface area (Å²) in [6.45, 7) is 0.845. The molecule has 1 aromatic carbocycles. The van der Waals surface area contributed by atoms with Crippen LogP contribution in [0.1, 0.15) is 5.01 Å². The molecule has 3 nitrogen and oxygen atoms in total. The summed E-state index contributed by atoms with van der Waals surface area (Å²) in [6, 6.07) is 4.94. The largest absolute Gasteiger partial charge is 0.319 e. The van der Waals surface area contributed by atoms with Gasteiger partial charge in [0, 0.05) is 23.0 Å². The van der Waals surface area contributed by atoms with Crippen LogP contribution in [0, 0.1) is 5.82 Å². The van der Waals surface area contributed by atoms with Crippen molar-refractivity contribution in [2.45, 2.75) is 6.42 Å². The lowest BCUT2D eigenvalue weighted by Crippen LogP contribution is -2.09. The van der Waals surface area contributed by atoms with Crippen molar-refractivity contribution in [2.75, 3.05) is 13.6 Å². The second-order valence-electron chi connectivity index (χ2n) is 3.48. The van der Waals surface area contributed by atoms with Crippen LogP contribution in [0.15, 0.2) is 22.7 Å². The molecule has 0 aliphatic rings. The number of benzene rings is 1. The lowest BCUT2D eigenvalue weighted by molar-refractivity contribution is 0.630. The van der Waals surface area contributed by atoms with Gasteiger partial charge in [0.15, 0.2) is 5.01 Å². The second kappa shape index (κ2) is 5.66. The smallest absolute Gasteiger partial charge is 0.150 e. The Morgan fingerprint density at radius 1 is 1.41 bits per heavy atom. The van der Waals surface area contributed by atoms with Gasteiger partial charge >= 0.3 is 0 Å². The Hall–Kier alpha value is -0.850. The Morgan fingerprint density at radius 3 is 2.94 bits per heavy atom. The van der Waals surface area contributed by atoms with Gasteiger partial charge in [-0.15, -0.1) is 10.2 Å². The standard InChI is InChI=1S/C11H11BrFN3S/c1-14-5-4-10-15-16-11(17-10)8-3-2-7(12)6-9(8)13/h2-3,6,14H,4-5H2,1H3. The quantitative estimate of drug-likeness (QED) is 0.942. The van der Waals surface area contributed by atoms with E-state index in [2.05, 4.69) is 31.4 Å². The fraction of sp³-hybridized carbons (Fsp3) is 0.273. The number of nitrogens with one attached hydrogen (secondary N) is 1. The third-order valence-electron chi connectivity index (χ3n) is 2.22. The average molecular weight is 316 g/mol. The molecule has 1 N–H and O–H groups in total. The van der Waals surface area contributed by atoms with Gasteiger partial charge in [0.25, 0.3) is 0 Å². The molecule has 0 bridgehead atoms. The van der Waals surface area contributed by atoms with Gasteiger partial charge in [0.2, 0.25) is 0 Å². The summed E-state index contributed by atoms with van der Waals surface area (Å²) in [6.07, 6.45) is 0.812. The van der Waals surface area contributed by atoms with Crippen molar-refractivity contribution in [1.29, 1.82) is 0 Å². The summed E-state index contributed by atoms with van der Waals surface area (Å²) in [5.74, 6) is -0.282. The van der Waals surface area contributed by atoms with E-state index >= 15 is 0 Å². The Morgan fingerprint density at radius 2 is 2.24 bits per heavy atom. The van der Waals surface area contributed by atoms with Gasteiger partial charge in [-0.25, -0.2) is 4.39 Å². The zero-order chi connectivity index (χ0) is 12.3. The van der Waals surface area contributed by atoms with Crippen molar-refractivity contribution in [3.8, 4) is 10.6 Å². The molecule has 0 amide bonds. The summed E-state index contributed by atoms with van der Waals surface area (Å²) >= 11 is 4.66. The minimum absolute atomic E-state index is 0.282. The van der Waals surface area contributed by atoms with Gasteiger partial charge in [-0.2, -0.15) is 0 Å². The maximum Gasteiger partial charge on any atom is 0.150 e. The van der Waals surface area contributed by atoms with Gasteiger partial charge in [-0.1, -0.05) is 27.3 Å². The fourth-order valence-corrected chi connectivity index (χ4v) is 2.56. The maximum atomic E-state index is 13.7.